The lowest BCUT2D eigenvalue weighted by atomic mass is 10.1. The molecule has 0 aliphatic heterocycles. The lowest BCUT2D eigenvalue weighted by Crippen LogP contribution is -2.21. The summed E-state index contributed by atoms with van der Waals surface area (Å²) >= 11 is 1.28. The molecule has 3 aromatic carbocycles. The van der Waals surface area contributed by atoms with Gasteiger partial charge < -0.3 is 19.5 Å². The maximum Gasteiger partial charge on any atom is 0.345 e. The zero-order chi connectivity index (χ0) is 22.3. The quantitative estimate of drug-likeness (QED) is 0.321. The summed E-state index contributed by atoms with van der Waals surface area (Å²) in [5, 5.41) is 10.2. The minimum absolute atomic E-state index is 0.328. The Morgan fingerprint density at radius 2 is 1.50 bits per heavy atom. The van der Waals surface area contributed by atoms with Gasteiger partial charge in [-0.15, -0.1) is 11.3 Å². The predicted molar refractivity (Wildman–Crippen MR) is 127 cm³/mol. The molecule has 0 saturated heterocycles. The second kappa shape index (κ2) is 10.0. The highest BCUT2D eigenvalue weighted by molar-refractivity contribution is 7.17. The maximum absolute atomic E-state index is 11.4. The normalized spacial score (nSPS) is 10.5. The van der Waals surface area contributed by atoms with E-state index in [0.717, 1.165) is 33.4 Å². The Kier molecular flexibility index (Phi) is 6.72. The van der Waals surface area contributed by atoms with Crippen LogP contribution in [0.5, 0.6) is 17.2 Å². The molecule has 0 aliphatic carbocycles. The Hall–Kier alpha value is -3.77. The highest BCUT2D eigenvalue weighted by atomic mass is 32.1. The Morgan fingerprint density at radius 1 is 0.812 bits per heavy atom. The Balaban J connectivity index is 1.55. The van der Waals surface area contributed by atoms with Gasteiger partial charge in [0.05, 0.1) is 12.1 Å². The topological polar surface area (TPSA) is 59.0 Å². The number of ether oxygens (including phenoxy) is 2. The third kappa shape index (κ3) is 5.47. The van der Waals surface area contributed by atoms with Gasteiger partial charge in [0, 0.05) is 13.1 Å². The fraction of sp³-hybridized carbons (Fsp3) is 0.115. The van der Waals surface area contributed by atoms with Crippen LogP contribution in [-0.2, 0) is 13.1 Å². The number of thiophene rings is 1. The summed E-state index contributed by atoms with van der Waals surface area (Å²) in [5.41, 5.74) is 2.22. The summed E-state index contributed by atoms with van der Waals surface area (Å²) in [5.74, 6) is 1.34. The van der Waals surface area contributed by atoms with Crippen molar-refractivity contribution in [1.82, 2.24) is 0 Å². The molecule has 5 nitrogen and oxygen atoms in total. The first-order chi connectivity index (χ1) is 15.6. The maximum atomic E-state index is 11.4. The zero-order valence-electron chi connectivity index (χ0n) is 17.6. The number of carboxylic acid groups (broad SMARTS) is 1. The molecule has 0 amide bonds. The fourth-order valence-corrected chi connectivity index (χ4v) is 4.18. The van der Waals surface area contributed by atoms with Gasteiger partial charge in [0.25, 0.3) is 0 Å². The van der Waals surface area contributed by atoms with Crippen LogP contribution in [0.2, 0.25) is 0 Å². The summed E-state index contributed by atoms with van der Waals surface area (Å²) < 4.78 is 11.2. The molecule has 0 saturated carbocycles. The molecule has 0 atom stereocenters. The molecule has 1 N–H and O–H groups in total. The molecule has 32 heavy (non-hydrogen) atoms. The molecule has 0 unspecified atom stereocenters. The summed E-state index contributed by atoms with van der Waals surface area (Å²) in [7, 11) is 1.63. The highest BCUT2D eigenvalue weighted by Crippen LogP contribution is 2.30. The van der Waals surface area contributed by atoms with Crippen LogP contribution in [0, 0.1) is 0 Å². The van der Waals surface area contributed by atoms with Crippen molar-refractivity contribution in [3.05, 3.63) is 107 Å². The van der Waals surface area contributed by atoms with Crippen molar-refractivity contribution >= 4 is 22.3 Å². The van der Waals surface area contributed by atoms with Gasteiger partial charge in [-0.25, -0.2) is 4.79 Å². The number of methoxy groups -OCH3 is 1. The van der Waals surface area contributed by atoms with Crippen LogP contribution < -0.4 is 14.4 Å². The molecule has 0 bridgehead atoms. The third-order valence-corrected chi connectivity index (χ3v) is 6.03. The van der Waals surface area contributed by atoms with Gasteiger partial charge in [-0.05, 0) is 59.7 Å². The lowest BCUT2D eigenvalue weighted by molar-refractivity contribution is 0.0702. The van der Waals surface area contributed by atoms with E-state index in [2.05, 4.69) is 17.0 Å². The van der Waals surface area contributed by atoms with Crippen molar-refractivity contribution in [1.29, 1.82) is 0 Å². The van der Waals surface area contributed by atoms with Gasteiger partial charge in [0.2, 0.25) is 0 Å². The standard InChI is InChI=1S/C26H23NO4S/c1-30-21-10-12-22(13-11-21)31-23-9-5-8-20(16-23)18-27(17-19-6-3-2-4-7-19)25-15-14-24(32-25)26(28)29/h2-16H,17-18H2,1H3,(H,28,29). The number of nitrogens with zero attached hydrogens (tertiary/aromatic N) is 1. The van der Waals surface area contributed by atoms with Crippen molar-refractivity contribution in [2.24, 2.45) is 0 Å². The van der Waals surface area contributed by atoms with E-state index in [1.165, 1.54) is 11.3 Å². The van der Waals surface area contributed by atoms with Crippen LogP contribution >= 0.6 is 11.3 Å². The first-order valence-corrected chi connectivity index (χ1v) is 11.0. The van der Waals surface area contributed by atoms with Crippen molar-refractivity contribution in [2.45, 2.75) is 13.1 Å². The molecule has 1 aromatic heterocycles. The number of rotatable bonds is 9. The Labute approximate surface area is 191 Å². The van der Waals surface area contributed by atoms with E-state index in [1.54, 1.807) is 13.2 Å². The Bertz CT molecular complexity index is 1170. The van der Waals surface area contributed by atoms with Crippen LogP contribution in [0.15, 0.2) is 91.0 Å². The molecule has 0 spiro atoms. The van der Waals surface area contributed by atoms with Crippen molar-refractivity contribution in [3.63, 3.8) is 0 Å². The summed E-state index contributed by atoms with van der Waals surface area (Å²) in [6, 6.07) is 29.1. The number of carbonyl (C=O) groups is 1. The number of anilines is 1. The zero-order valence-corrected chi connectivity index (χ0v) is 18.4. The lowest BCUT2D eigenvalue weighted by Gasteiger charge is -2.23. The minimum Gasteiger partial charge on any atom is -0.497 e. The van der Waals surface area contributed by atoms with Crippen LogP contribution in [0.1, 0.15) is 20.8 Å². The fourth-order valence-electron chi connectivity index (χ4n) is 3.34. The molecule has 0 fully saturated rings. The molecular formula is C26H23NO4S. The van der Waals surface area contributed by atoms with Crippen molar-refractivity contribution in [2.75, 3.05) is 12.0 Å². The monoisotopic (exact) mass is 445 g/mol. The van der Waals surface area contributed by atoms with Gasteiger partial charge in [0.15, 0.2) is 0 Å². The molecule has 4 aromatic rings. The van der Waals surface area contributed by atoms with Crippen LogP contribution in [-0.4, -0.2) is 18.2 Å². The predicted octanol–water partition coefficient (Wildman–Crippen LogP) is 6.45. The smallest absolute Gasteiger partial charge is 0.345 e. The second-order valence-electron chi connectivity index (χ2n) is 7.21. The van der Waals surface area contributed by atoms with Gasteiger partial charge in [0.1, 0.15) is 22.1 Å². The van der Waals surface area contributed by atoms with Crippen LogP contribution in [0.25, 0.3) is 0 Å². The second-order valence-corrected chi connectivity index (χ2v) is 8.27. The van der Waals surface area contributed by atoms with Crippen LogP contribution in [0.4, 0.5) is 5.00 Å². The molecule has 1 heterocycles. The van der Waals surface area contributed by atoms with E-state index < -0.39 is 5.97 Å². The van der Waals surface area contributed by atoms with E-state index >= 15 is 0 Å². The molecule has 0 aliphatic rings. The molecule has 6 heteroatoms. The molecule has 0 radical (unpaired) electrons. The van der Waals surface area contributed by atoms with Crippen molar-refractivity contribution < 1.29 is 19.4 Å². The molecule has 162 valence electrons. The summed E-state index contributed by atoms with van der Waals surface area (Å²) in [6.45, 7) is 1.29. The van der Waals surface area contributed by atoms with E-state index in [9.17, 15) is 9.90 Å². The molecular weight excluding hydrogens is 422 g/mol. The first kappa shape index (κ1) is 21.5. The van der Waals surface area contributed by atoms with E-state index in [4.69, 9.17) is 9.47 Å². The highest BCUT2D eigenvalue weighted by Gasteiger charge is 2.14. The number of aromatic carboxylic acids is 1. The minimum atomic E-state index is -0.907. The number of benzene rings is 3. The van der Waals surface area contributed by atoms with Crippen LogP contribution in [0.3, 0.4) is 0 Å². The average Bonchev–Trinajstić information content (AvgIpc) is 3.31. The summed E-state index contributed by atoms with van der Waals surface area (Å²) in [4.78, 5) is 13.9. The molecule has 4 rings (SSSR count). The van der Waals surface area contributed by atoms with Gasteiger partial charge in [-0.2, -0.15) is 0 Å². The van der Waals surface area contributed by atoms with Gasteiger partial charge in [-0.1, -0.05) is 42.5 Å². The largest absolute Gasteiger partial charge is 0.497 e. The SMILES string of the molecule is COc1ccc(Oc2cccc(CN(Cc3ccccc3)c3ccc(C(=O)O)s3)c2)cc1. The van der Waals surface area contributed by atoms with Gasteiger partial charge >= 0.3 is 5.97 Å². The van der Waals surface area contributed by atoms with E-state index in [1.807, 2.05) is 72.8 Å². The number of hydrogen-bond donors (Lipinski definition) is 1. The third-order valence-electron chi connectivity index (χ3n) is 4.90. The van der Waals surface area contributed by atoms with Gasteiger partial charge in [-0.3, -0.25) is 0 Å². The first-order valence-electron chi connectivity index (χ1n) is 10.1. The summed E-state index contributed by atoms with van der Waals surface area (Å²) in [6.07, 6.45) is 0. The number of carboxylic acids is 1. The van der Waals surface area contributed by atoms with Crippen molar-refractivity contribution in [3.8, 4) is 17.2 Å². The average molecular weight is 446 g/mol. The Morgan fingerprint density at radius 3 is 2.19 bits per heavy atom. The van der Waals surface area contributed by atoms with E-state index in [-0.39, 0.29) is 0 Å². The number of hydrogen-bond acceptors (Lipinski definition) is 5. The van der Waals surface area contributed by atoms with E-state index in [0.29, 0.717) is 18.0 Å².